The molecule has 1 atom stereocenters. The normalized spacial score (nSPS) is 12.6. The Labute approximate surface area is 110 Å². The number of methoxy groups -OCH3 is 1. The minimum atomic E-state index is 0.0336. The third-order valence-corrected chi connectivity index (χ3v) is 3.69. The summed E-state index contributed by atoms with van der Waals surface area (Å²) in [4.78, 5) is 4.49. The predicted octanol–water partition coefficient (Wildman–Crippen LogP) is 2.97. The zero-order valence-electron chi connectivity index (χ0n) is 10.3. The van der Waals surface area contributed by atoms with Gasteiger partial charge in [-0.25, -0.2) is 4.98 Å². The molecule has 0 aliphatic heterocycles. The second-order valence-corrected chi connectivity index (χ2v) is 5.02. The van der Waals surface area contributed by atoms with Gasteiger partial charge in [-0.3, -0.25) is 0 Å². The SMILES string of the molecule is COC[C@H](C)c1nc(-c2ccc(O)cc2O)cs1. The van der Waals surface area contributed by atoms with Crippen LogP contribution in [0.5, 0.6) is 11.5 Å². The highest BCUT2D eigenvalue weighted by atomic mass is 32.1. The fourth-order valence-corrected chi connectivity index (χ4v) is 2.56. The quantitative estimate of drug-likeness (QED) is 0.892. The van der Waals surface area contributed by atoms with Crippen molar-refractivity contribution in [3.63, 3.8) is 0 Å². The Bertz CT molecular complexity index is 539. The lowest BCUT2D eigenvalue weighted by atomic mass is 10.1. The number of ether oxygens (including phenoxy) is 1. The largest absolute Gasteiger partial charge is 0.508 e. The Balaban J connectivity index is 2.29. The fourth-order valence-electron chi connectivity index (χ4n) is 1.70. The first kappa shape index (κ1) is 12.9. The molecule has 2 aromatic rings. The van der Waals surface area contributed by atoms with Crippen molar-refractivity contribution in [3.8, 4) is 22.8 Å². The minimum Gasteiger partial charge on any atom is -0.508 e. The van der Waals surface area contributed by atoms with Gasteiger partial charge in [0.1, 0.15) is 11.5 Å². The van der Waals surface area contributed by atoms with Gasteiger partial charge in [0, 0.05) is 30.0 Å². The van der Waals surface area contributed by atoms with E-state index in [-0.39, 0.29) is 17.4 Å². The summed E-state index contributed by atoms with van der Waals surface area (Å²) in [6, 6.07) is 4.50. The van der Waals surface area contributed by atoms with Crippen LogP contribution >= 0.6 is 11.3 Å². The van der Waals surface area contributed by atoms with Gasteiger partial charge in [0.05, 0.1) is 17.3 Å². The summed E-state index contributed by atoms with van der Waals surface area (Å²) in [5.74, 6) is 0.304. The number of benzene rings is 1. The molecule has 0 radical (unpaired) electrons. The molecular weight excluding hydrogens is 250 g/mol. The molecule has 0 saturated carbocycles. The Morgan fingerprint density at radius 2 is 2.17 bits per heavy atom. The van der Waals surface area contributed by atoms with Gasteiger partial charge in [0.15, 0.2) is 0 Å². The first-order chi connectivity index (χ1) is 8.61. The molecule has 2 rings (SSSR count). The first-order valence-electron chi connectivity index (χ1n) is 5.58. The van der Waals surface area contributed by atoms with E-state index in [1.54, 1.807) is 24.5 Å². The predicted molar refractivity (Wildman–Crippen MR) is 71.2 cm³/mol. The molecule has 4 nitrogen and oxygen atoms in total. The van der Waals surface area contributed by atoms with Gasteiger partial charge in [-0.1, -0.05) is 6.92 Å². The standard InChI is InChI=1S/C13H15NO3S/c1-8(6-17-2)13-14-11(7-18-13)10-4-3-9(15)5-12(10)16/h3-5,7-8,15-16H,6H2,1-2H3/t8-/m0/s1. The van der Waals surface area contributed by atoms with E-state index >= 15 is 0 Å². The number of phenolic OH excluding ortho intramolecular Hbond substituents is 2. The summed E-state index contributed by atoms with van der Waals surface area (Å²) in [5.41, 5.74) is 1.34. The molecule has 0 fully saturated rings. The van der Waals surface area contributed by atoms with Gasteiger partial charge in [0.25, 0.3) is 0 Å². The van der Waals surface area contributed by atoms with Gasteiger partial charge in [-0.2, -0.15) is 0 Å². The molecule has 0 bridgehead atoms. The van der Waals surface area contributed by atoms with Crippen LogP contribution in [0, 0.1) is 0 Å². The maximum atomic E-state index is 9.78. The summed E-state index contributed by atoms with van der Waals surface area (Å²) in [7, 11) is 1.66. The molecule has 0 unspecified atom stereocenters. The zero-order valence-corrected chi connectivity index (χ0v) is 11.1. The lowest BCUT2D eigenvalue weighted by Gasteiger charge is -2.05. The third-order valence-electron chi connectivity index (χ3n) is 2.62. The van der Waals surface area contributed by atoms with Crippen molar-refractivity contribution in [1.29, 1.82) is 0 Å². The molecule has 1 aromatic carbocycles. The maximum Gasteiger partial charge on any atom is 0.128 e. The lowest BCUT2D eigenvalue weighted by molar-refractivity contribution is 0.184. The Hall–Kier alpha value is -1.59. The van der Waals surface area contributed by atoms with E-state index in [9.17, 15) is 10.2 Å². The summed E-state index contributed by atoms with van der Waals surface area (Å²) in [5, 5.41) is 21.9. The van der Waals surface area contributed by atoms with Gasteiger partial charge in [0.2, 0.25) is 0 Å². The number of phenols is 2. The molecule has 96 valence electrons. The molecule has 0 aliphatic rings. The van der Waals surface area contributed by atoms with E-state index in [1.165, 1.54) is 12.1 Å². The Morgan fingerprint density at radius 3 is 2.83 bits per heavy atom. The zero-order chi connectivity index (χ0) is 13.1. The molecule has 0 spiro atoms. The van der Waals surface area contributed by atoms with Crippen LogP contribution in [0.15, 0.2) is 23.6 Å². The summed E-state index contributed by atoms with van der Waals surface area (Å²) >= 11 is 1.54. The van der Waals surface area contributed by atoms with Crippen molar-refractivity contribution in [2.24, 2.45) is 0 Å². The highest BCUT2D eigenvalue weighted by Crippen LogP contribution is 2.33. The molecule has 0 amide bonds. The van der Waals surface area contributed by atoms with Crippen LogP contribution in [0.25, 0.3) is 11.3 Å². The van der Waals surface area contributed by atoms with Crippen LogP contribution in [0.3, 0.4) is 0 Å². The van der Waals surface area contributed by atoms with E-state index in [0.717, 1.165) is 10.7 Å². The highest BCUT2D eigenvalue weighted by Gasteiger charge is 2.13. The van der Waals surface area contributed by atoms with Gasteiger partial charge in [-0.05, 0) is 12.1 Å². The highest BCUT2D eigenvalue weighted by molar-refractivity contribution is 7.10. The lowest BCUT2D eigenvalue weighted by Crippen LogP contribution is -2.01. The van der Waals surface area contributed by atoms with Gasteiger partial charge in [-0.15, -0.1) is 11.3 Å². The van der Waals surface area contributed by atoms with E-state index in [1.807, 2.05) is 12.3 Å². The number of hydrogen-bond donors (Lipinski definition) is 2. The smallest absolute Gasteiger partial charge is 0.128 e. The van der Waals surface area contributed by atoms with Crippen LogP contribution in [-0.2, 0) is 4.74 Å². The fraction of sp³-hybridized carbons (Fsp3) is 0.308. The Kier molecular flexibility index (Phi) is 3.84. The van der Waals surface area contributed by atoms with Crippen LogP contribution in [0.1, 0.15) is 17.8 Å². The molecule has 0 saturated heterocycles. The van der Waals surface area contributed by atoms with Crippen molar-refractivity contribution in [2.75, 3.05) is 13.7 Å². The van der Waals surface area contributed by atoms with E-state index in [2.05, 4.69) is 4.98 Å². The van der Waals surface area contributed by atoms with Crippen LogP contribution in [0.2, 0.25) is 0 Å². The maximum absolute atomic E-state index is 9.78. The Morgan fingerprint density at radius 1 is 1.39 bits per heavy atom. The van der Waals surface area contributed by atoms with E-state index in [0.29, 0.717) is 12.2 Å². The number of aromatic hydroxyl groups is 2. The third kappa shape index (κ3) is 2.63. The second kappa shape index (κ2) is 5.37. The second-order valence-electron chi connectivity index (χ2n) is 4.13. The molecule has 1 aromatic heterocycles. The number of rotatable bonds is 4. The number of hydrogen-bond acceptors (Lipinski definition) is 5. The van der Waals surface area contributed by atoms with E-state index in [4.69, 9.17) is 4.74 Å². The molecule has 2 N–H and O–H groups in total. The van der Waals surface area contributed by atoms with Gasteiger partial charge < -0.3 is 14.9 Å². The molecule has 18 heavy (non-hydrogen) atoms. The first-order valence-corrected chi connectivity index (χ1v) is 6.46. The van der Waals surface area contributed by atoms with Gasteiger partial charge >= 0.3 is 0 Å². The summed E-state index contributed by atoms with van der Waals surface area (Å²) in [6.07, 6.45) is 0. The minimum absolute atomic E-state index is 0.0336. The summed E-state index contributed by atoms with van der Waals surface area (Å²) < 4.78 is 5.10. The van der Waals surface area contributed by atoms with Crippen LogP contribution < -0.4 is 0 Å². The number of aromatic nitrogens is 1. The van der Waals surface area contributed by atoms with Crippen molar-refractivity contribution in [2.45, 2.75) is 12.8 Å². The molecular formula is C13H15NO3S. The van der Waals surface area contributed by atoms with Crippen LogP contribution in [0.4, 0.5) is 0 Å². The monoisotopic (exact) mass is 265 g/mol. The number of thiazole rings is 1. The van der Waals surface area contributed by atoms with Crippen molar-refractivity contribution in [1.82, 2.24) is 4.98 Å². The van der Waals surface area contributed by atoms with E-state index < -0.39 is 0 Å². The van der Waals surface area contributed by atoms with Crippen molar-refractivity contribution >= 4 is 11.3 Å². The molecule has 5 heteroatoms. The van der Waals surface area contributed by atoms with Crippen molar-refractivity contribution in [3.05, 3.63) is 28.6 Å². The van der Waals surface area contributed by atoms with Crippen LogP contribution in [-0.4, -0.2) is 28.9 Å². The number of nitrogens with zero attached hydrogens (tertiary/aromatic N) is 1. The summed E-state index contributed by atoms with van der Waals surface area (Å²) in [6.45, 7) is 2.66. The molecule has 1 heterocycles. The molecule has 0 aliphatic carbocycles. The average molecular weight is 265 g/mol. The topological polar surface area (TPSA) is 62.6 Å². The van der Waals surface area contributed by atoms with Crippen molar-refractivity contribution < 1.29 is 14.9 Å². The average Bonchev–Trinajstić information content (AvgIpc) is 2.78.